The molecule has 32 heavy (non-hydrogen) atoms. The largest absolute Gasteiger partial charge is 0.369 e. The summed E-state index contributed by atoms with van der Waals surface area (Å²) in [6, 6.07) is 15.5. The van der Waals surface area contributed by atoms with Crippen molar-refractivity contribution in [1.82, 2.24) is 19.7 Å². The molecule has 1 unspecified atom stereocenters. The van der Waals surface area contributed by atoms with E-state index >= 15 is 0 Å². The van der Waals surface area contributed by atoms with Gasteiger partial charge in [0.25, 0.3) is 0 Å². The molecule has 1 aliphatic heterocycles. The van der Waals surface area contributed by atoms with Crippen LogP contribution in [0.3, 0.4) is 0 Å². The number of primary amides is 1. The van der Waals surface area contributed by atoms with Crippen LogP contribution in [0.1, 0.15) is 18.4 Å². The number of carbonyl (C=O) groups excluding carboxylic acids is 2. The fourth-order valence-corrected chi connectivity index (χ4v) is 4.71. The van der Waals surface area contributed by atoms with Crippen molar-refractivity contribution >= 4 is 35.2 Å². The number of piperidine rings is 1. The van der Waals surface area contributed by atoms with Gasteiger partial charge in [-0.25, -0.2) is 0 Å². The molecule has 0 radical (unpaired) electrons. The molecule has 1 saturated heterocycles. The highest BCUT2D eigenvalue weighted by atomic mass is 35.5. The first-order valence-corrected chi connectivity index (χ1v) is 11.8. The van der Waals surface area contributed by atoms with Crippen molar-refractivity contribution in [1.29, 1.82) is 0 Å². The van der Waals surface area contributed by atoms with E-state index in [2.05, 4.69) is 10.2 Å². The minimum atomic E-state index is -0.347. The van der Waals surface area contributed by atoms with E-state index in [-0.39, 0.29) is 23.5 Å². The van der Waals surface area contributed by atoms with Gasteiger partial charge in [-0.2, -0.15) is 0 Å². The second kappa shape index (κ2) is 9.75. The average Bonchev–Trinajstić information content (AvgIpc) is 3.22. The van der Waals surface area contributed by atoms with E-state index in [0.717, 1.165) is 29.7 Å². The first-order valence-electron chi connectivity index (χ1n) is 10.4. The average molecular weight is 470 g/mol. The minimum absolute atomic E-state index is 0.0384. The first kappa shape index (κ1) is 22.4. The van der Waals surface area contributed by atoms with Gasteiger partial charge in [0.15, 0.2) is 11.0 Å². The Hall–Kier alpha value is -2.84. The van der Waals surface area contributed by atoms with Crippen molar-refractivity contribution in [3.63, 3.8) is 0 Å². The van der Waals surface area contributed by atoms with Gasteiger partial charge in [0.05, 0.1) is 11.7 Å². The molecule has 1 atom stereocenters. The highest BCUT2D eigenvalue weighted by Gasteiger charge is 2.27. The second-order valence-corrected chi connectivity index (χ2v) is 9.23. The predicted molar refractivity (Wildman–Crippen MR) is 126 cm³/mol. The van der Waals surface area contributed by atoms with Crippen molar-refractivity contribution in [2.24, 2.45) is 11.7 Å². The Kier molecular flexibility index (Phi) is 6.81. The number of carbonyl (C=O) groups is 2. The van der Waals surface area contributed by atoms with Gasteiger partial charge in [0.2, 0.25) is 11.8 Å². The van der Waals surface area contributed by atoms with Crippen molar-refractivity contribution < 1.29 is 9.59 Å². The van der Waals surface area contributed by atoms with Gasteiger partial charge in [0.1, 0.15) is 0 Å². The predicted octanol–water partition coefficient (Wildman–Crippen LogP) is 3.71. The topological polar surface area (TPSA) is 94.1 Å². The highest BCUT2D eigenvalue weighted by Crippen LogP contribution is 2.29. The zero-order chi connectivity index (χ0) is 22.7. The molecule has 0 aliphatic carbocycles. The van der Waals surface area contributed by atoms with Crippen LogP contribution in [0.5, 0.6) is 0 Å². The molecule has 2 amide bonds. The molecule has 2 N–H and O–H groups in total. The second-order valence-electron chi connectivity index (χ2n) is 7.85. The number of nitrogens with two attached hydrogens (primary N) is 1. The maximum atomic E-state index is 12.8. The third-order valence-corrected chi connectivity index (χ3v) is 6.69. The van der Waals surface area contributed by atoms with E-state index in [1.165, 1.54) is 11.8 Å². The Morgan fingerprint density at radius 2 is 1.84 bits per heavy atom. The van der Waals surface area contributed by atoms with E-state index in [9.17, 15) is 9.59 Å². The molecule has 3 aromatic rings. The minimum Gasteiger partial charge on any atom is -0.369 e. The molecule has 2 aromatic carbocycles. The van der Waals surface area contributed by atoms with E-state index in [1.54, 1.807) is 4.90 Å². The van der Waals surface area contributed by atoms with Gasteiger partial charge in [-0.3, -0.25) is 14.2 Å². The molecule has 1 fully saturated rings. The smallest absolute Gasteiger partial charge is 0.233 e. The number of rotatable bonds is 6. The summed E-state index contributed by atoms with van der Waals surface area (Å²) < 4.78 is 1.93. The van der Waals surface area contributed by atoms with Gasteiger partial charge < -0.3 is 10.6 Å². The number of hydrogen-bond acceptors (Lipinski definition) is 5. The zero-order valence-corrected chi connectivity index (χ0v) is 19.3. The summed E-state index contributed by atoms with van der Waals surface area (Å²) in [4.78, 5) is 26.1. The van der Waals surface area contributed by atoms with Crippen molar-refractivity contribution in [3.8, 4) is 17.1 Å². The molecule has 9 heteroatoms. The molecule has 2 heterocycles. The SMILES string of the molecule is Cc1ccc(-c2nnc(SCC(=O)N3CCCC(C(N)=O)C3)n2-c2ccc(Cl)cc2)cc1. The van der Waals surface area contributed by atoms with Gasteiger partial charge in [-0.15, -0.1) is 10.2 Å². The Morgan fingerprint density at radius 3 is 2.53 bits per heavy atom. The first-order chi connectivity index (χ1) is 15.4. The fourth-order valence-electron chi connectivity index (χ4n) is 3.73. The van der Waals surface area contributed by atoms with E-state index < -0.39 is 0 Å². The summed E-state index contributed by atoms with van der Waals surface area (Å²) in [7, 11) is 0. The van der Waals surface area contributed by atoms with Crippen LogP contribution >= 0.6 is 23.4 Å². The molecular formula is C23H24ClN5O2S. The highest BCUT2D eigenvalue weighted by molar-refractivity contribution is 7.99. The number of hydrogen-bond donors (Lipinski definition) is 1. The summed E-state index contributed by atoms with van der Waals surface area (Å²) in [5.41, 5.74) is 8.38. The summed E-state index contributed by atoms with van der Waals surface area (Å²) in [6.45, 7) is 3.05. The number of aromatic nitrogens is 3. The lowest BCUT2D eigenvalue weighted by molar-refractivity contribution is -0.132. The molecule has 166 valence electrons. The van der Waals surface area contributed by atoms with Crippen molar-refractivity contribution in [2.75, 3.05) is 18.8 Å². The van der Waals surface area contributed by atoms with Crippen LogP contribution in [-0.4, -0.2) is 50.3 Å². The Labute approximate surface area is 196 Å². The summed E-state index contributed by atoms with van der Waals surface area (Å²) in [5.74, 6) is 0.229. The third kappa shape index (κ3) is 4.97. The molecule has 0 saturated carbocycles. The lowest BCUT2D eigenvalue weighted by Gasteiger charge is -2.31. The normalized spacial score (nSPS) is 16.2. The molecule has 0 spiro atoms. The Balaban J connectivity index is 1.58. The number of aryl methyl sites for hydroxylation is 1. The van der Waals surface area contributed by atoms with Crippen LogP contribution in [0.15, 0.2) is 53.7 Å². The lowest BCUT2D eigenvalue weighted by Crippen LogP contribution is -2.44. The molecule has 1 aliphatic rings. The van der Waals surface area contributed by atoms with Crippen LogP contribution in [-0.2, 0) is 9.59 Å². The maximum Gasteiger partial charge on any atom is 0.233 e. The summed E-state index contributed by atoms with van der Waals surface area (Å²) in [5, 5.41) is 10.0. The number of nitrogens with zero attached hydrogens (tertiary/aromatic N) is 4. The van der Waals surface area contributed by atoms with Crippen molar-refractivity contribution in [2.45, 2.75) is 24.9 Å². The molecule has 7 nitrogen and oxygen atoms in total. The monoisotopic (exact) mass is 469 g/mol. The Morgan fingerprint density at radius 1 is 1.12 bits per heavy atom. The number of likely N-dealkylation sites (tertiary alicyclic amines) is 1. The number of amides is 2. The van der Waals surface area contributed by atoms with Gasteiger partial charge in [0, 0.05) is 29.4 Å². The van der Waals surface area contributed by atoms with Gasteiger partial charge in [-0.05, 0) is 44.0 Å². The summed E-state index contributed by atoms with van der Waals surface area (Å²) in [6.07, 6.45) is 1.51. The third-order valence-electron chi connectivity index (χ3n) is 5.53. The standard InChI is InChI=1S/C23H24ClN5O2S/c1-15-4-6-16(7-5-15)22-26-27-23(29(22)19-10-8-18(24)9-11-19)32-14-20(30)28-12-2-3-17(13-28)21(25)31/h4-11,17H,2-3,12-14H2,1H3,(H2,25,31). The van der Waals surface area contributed by atoms with Crippen LogP contribution in [0.25, 0.3) is 17.1 Å². The van der Waals surface area contributed by atoms with E-state index in [0.29, 0.717) is 29.1 Å². The maximum absolute atomic E-state index is 12.8. The quantitative estimate of drug-likeness (QED) is 0.555. The lowest BCUT2D eigenvalue weighted by atomic mass is 9.97. The summed E-state index contributed by atoms with van der Waals surface area (Å²) >= 11 is 7.41. The number of thioether (sulfide) groups is 1. The molecular weight excluding hydrogens is 446 g/mol. The fraction of sp³-hybridized carbons (Fsp3) is 0.304. The van der Waals surface area contributed by atoms with Gasteiger partial charge in [-0.1, -0.05) is 53.2 Å². The van der Waals surface area contributed by atoms with Crippen LogP contribution in [0, 0.1) is 12.8 Å². The molecule has 0 bridgehead atoms. The zero-order valence-electron chi connectivity index (χ0n) is 17.7. The van der Waals surface area contributed by atoms with Crippen LogP contribution in [0.2, 0.25) is 5.02 Å². The number of benzene rings is 2. The van der Waals surface area contributed by atoms with Crippen LogP contribution in [0.4, 0.5) is 0 Å². The van der Waals surface area contributed by atoms with E-state index in [4.69, 9.17) is 17.3 Å². The van der Waals surface area contributed by atoms with Gasteiger partial charge >= 0.3 is 0 Å². The Bertz CT molecular complexity index is 1110. The van der Waals surface area contributed by atoms with Crippen molar-refractivity contribution in [3.05, 3.63) is 59.1 Å². The van der Waals surface area contributed by atoms with E-state index in [1.807, 2.05) is 60.0 Å². The number of halogens is 1. The molecule has 1 aromatic heterocycles. The molecule has 4 rings (SSSR count). The van der Waals surface area contributed by atoms with Crippen LogP contribution < -0.4 is 5.73 Å².